The zero-order valence-electron chi connectivity index (χ0n) is 27.3. The number of alkyl halides is 1. The largest absolute Gasteiger partial charge is 0.444 e. The van der Waals surface area contributed by atoms with Gasteiger partial charge in [-0.3, -0.25) is 4.79 Å². The molecule has 0 N–H and O–H groups in total. The molecule has 11 heteroatoms. The molecule has 0 unspecified atom stereocenters. The molecule has 1 aliphatic rings. The number of amides is 2. The van der Waals surface area contributed by atoms with E-state index in [1.54, 1.807) is 37.6 Å². The Labute approximate surface area is 268 Å². The highest BCUT2D eigenvalue weighted by molar-refractivity contribution is 5.78. The molecule has 46 heavy (non-hydrogen) atoms. The number of rotatable bonds is 11. The third-order valence-electron chi connectivity index (χ3n) is 8.03. The van der Waals surface area contributed by atoms with E-state index in [1.807, 2.05) is 44.2 Å². The first kappa shape index (κ1) is 34.7. The summed E-state index contributed by atoms with van der Waals surface area (Å²) in [4.78, 5) is 34.3. The van der Waals surface area contributed by atoms with Gasteiger partial charge in [-0.1, -0.05) is 50.3 Å². The average Bonchev–Trinajstić information content (AvgIpc) is 3.56. The van der Waals surface area contributed by atoms with Crippen LogP contribution in [0.3, 0.4) is 0 Å². The number of hydrogen-bond acceptors (Lipinski definition) is 5. The van der Waals surface area contributed by atoms with Gasteiger partial charge in [-0.25, -0.2) is 22.9 Å². The van der Waals surface area contributed by atoms with Crippen molar-refractivity contribution < 1.29 is 32.2 Å². The standard InChI is InChI=1S/C35H43F3N4O4/c1-8-35(5,6)31(42(30(43)22-45-7)19-24-18-41(20-28(24)38)33(44)46-34(2,3)4)32-39-29(26-16-25(36)14-15-27(26)37)21-40(32)17-23-12-10-9-11-13-23/h8-16,21,24,28,31H,1,17-20,22H2,2-7H3/t24-,28-,31-/m0/s1. The maximum atomic E-state index is 15.6. The van der Waals surface area contributed by atoms with Crippen LogP contribution in [-0.4, -0.2) is 76.5 Å². The fourth-order valence-electron chi connectivity index (χ4n) is 5.65. The second-order valence-electron chi connectivity index (χ2n) is 13.3. The van der Waals surface area contributed by atoms with Crippen molar-refractivity contribution in [3.8, 4) is 11.3 Å². The molecule has 2 aromatic carbocycles. The van der Waals surface area contributed by atoms with Gasteiger partial charge in [-0.2, -0.15) is 0 Å². The van der Waals surface area contributed by atoms with Gasteiger partial charge < -0.3 is 23.8 Å². The Kier molecular flexibility index (Phi) is 10.7. The lowest BCUT2D eigenvalue weighted by Gasteiger charge is -2.41. The summed E-state index contributed by atoms with van der Waals surface area (Å²) in [5.74, 6) is -2.08. The van der Waals surface area contributed by atoms with Gasteiger partial charge in [0, 0.05) is 49.8 Å². The van der Waals surface area contributed by atoms with Gasteiger partial charge in [0.2, 0.25) is 5.91 Å². The summed E-state index contributed by atoms with van der Waals surface area (Å²) in [5.41, 5.74) is -0.561. The summed E-state index contributed by atoms with van der Waals surface area (Å²) in [6, 6.07) is 11.8. The van der Waals surface area contributed by atoms with E-state index in [0.29, 0.717) is 12.4 Å². The van der Waals surface area contributed by atoms with Crippen molar-refractivity contribution >= 4 is 12.0 Å². The number of methoxy groups -OCH3 is 1. The number of carbonyl (C=O) groups is 2. The zero-order valence-corrected chi connectivity index (χ0v) is 27.3. The Morgan fingerprint density at radius 1 is 1.11 bits per heavy atom. The molecule has 0 bridgehead atoms. The zero-order chi connectivity index (χ0) is 33.8. The molecule has 3 atom stereocenters. The monoisotopic (exact) mass is 640 g/mol. The van der Waals surface area contributed by atoms with E-state index >= 15 is 8.78 Å². The van der Waals surface area contributed by atoms with Crippen LogP contribution >= 0.6 is 0 Å². The van der Waals surface area contributed by atoms with Gasteiger partial charge in [0.1, 0.15) is 35.8 Å². The lowest BCUT2D eigenvalue weighted by atomic mass is 9.82. The van der Waals surface area contributed by atoms with Crippen LogP contribution in [-0.2, 0) is 20.8 Å². The van der Waals surface area contributed by atoms with E-state index in [1.165, 1.54) is 16.9 Å². The molecule has 8 nitrogen and oxygen atoms in total. The van der Waals surface area contributed by atoms with E-state index < -0.39 is 52.8 Å². The molecule has 1 saturated heterocycles. The third kappa shape index (κ3) is 8.17. The first-order valence-corrected chi connectivity index (χ1v) is 15.2. The molecule has 4 rings (SSSR count). The van der Waals surface area contributed by atoms with E-state index in [-0.39, 0.29) is 37.5 Å². The predicted octanol–water partition coefficient (Wildman–Crippen LogP) is 6.81. The molecule has 0 aliphatic carbocycles. The van der Waals surface area contributed by atoms with Crippen LogP contribution in [0, 0.1) is 23.0 Å². The molecular weight excluding hydrogens is 597 g/mol. The number of aromatic nitrogens is 2. The lowest BCUT2D eigenvalue weighted by Crippen LogP contribution is -2.47. The number of hydrogen-bond donors (Lipinski definition) is 0. The van der Waals surface area contributed by atoms with Crippen LogP contribution in [0.25, 0.3) is 11.3 Å². The number of imidazole rings is 1. The number of halogens is 3. The molecule has 0 radical (unpaired) electrons. The normalized spacial score (nSPS) is 17.5. The summed E-state index contributed by atoms with van der Waals surface area (Å²) in [6.45, 7) is 12.8. The number of benzene rings is 2. The number of ether oxygens (including phenoxy) is 2. The molecule has 3 aromatic rings. The minimum absolute atomic E-state index is 0.0340. The minimum Gasteiger partial charge on any atom is -0.444 e. The highest BCUT2D eigenvalue weighted by Gasteiger charge is 2.44. The Morgan fingerprint density at radius 3 is 2.43 bits per heavy atom. The van der Waals surface area contributed by atoms with Crippen LogP contribution < -0.4 is 0 Å². The fraction of sp³-hybridized carbons (Fsp3) is 0.457. The molecule has 1 aliphatic heterocycles. The Morgan fingerprint density at radius 2 is 1.80 bits per heavy atom. The van der Waals surface area contributed by atoms with Crippen LogP contribution in [0.5, 0.6) is 0 Å². The molecule has 0 saturated carbocycles. The van der Waals surface area contributed by atoms with Crippen molar-refractivity contribution in [3.05, 3.63) is 90.4 Å². The van der Waals surface area contributed by atoms with E-state index in [9.17, 15) is 14.0 Å². The summed E-state index contributed by atoms with van der Waals surface area (Å²) in [5, 5.41) is 0. The third-order valence-corrected chi connectivity index (χ3v) is 8.03. The Balaban J connectivity index is 1.82. The van der Waals surface area contributed by atoms with Gasteiger partial charge in [0.05, 0.1) is 18.3 Å². The maximum Gasteiger partial charge on any atom is 0.410 e. The van der Waals surface area contributed by atoms with Crippen LogP contribution in [0.1, 0.15) is 52.0 Å². The summed E-state index contributed by atoms with van der Waals surface area (Å²) in [7, 11) is 1.39. The second-order valence-corrected chi connectivity index (χ2v) is 13.3. The second kappa shape index (κ2) is 14.1. The molecule has 2 amide bonds. The van der Waals surface area contributed by atoms with E-state index in [0.717, 1.165) is 23.8 Å². The molecule has 1 aromatic heterocycles. The molecule has 2 heterocycles. The van der Waals surface area contributed by atoms with Crippen molar-refractivity contribution in [1.82, 2.24) is 19.4 Å². The minimum atomic E-state index is -1.43. The topological polar surface area (TPSA) is 76.9 Å². The van der Waals surface area contributed by atoms with Gasteiger partial charge >= 0.3 is 6.09 Å². The molecule has 248 valence electrons. The van der Waals surface area contributed by atoms with Gasteiger partial charge in [0.25, 0.3) is 0 Å². The highest BCUT2D eigenvalue weighted by Crippen LogP contribution is 2.42. The first-order chi connectivity index (χ1) is 21.6. The van der Waals surface area contributed by atoms with E-state index in [2.05, 4.69) is 6.58 Å². The molecule has 1 fully saturated rings. The number of nitrogens with zero attached hydrogens (tertiary/aromatic N) is 4. The smallest absolute Gasteiger partial charge is 0.410 e. The van der Waals surface area contributed by atoms with Crippen molar-refractivity contribution in [2.24, 2.45) is 11.3 Å². The van der Waals surface area contributed by atoms with Crippen LogP contribution in [0.15, 0.2) is 67.4 Å². The first-order valence-electron chi connectivity index (χ1n) is 15.2. The SMILES string of the molecule is C=CC(C)(C)[C@H](c1nc(-c2cc(F)ccc2F)cn1Cc1ccccc1)N(C[C@@H]1CN(C(=O)OC(C)(C)C)C[C@@H]1F)C(=O)COC. The summed E-state index contributed by atoms with van der Waals surface area (Å²) >= 11 is 0. The van der Waals surface area contributed by atoms with Crippen molar-refractivity contribution in [2.75, 3.05) is 33.4 Å². The summed E-state index contributed by atoms with van der Waals surface area (Å²) < 4.78 is 57.5. The van der Waals surface area contributed by atoms with Gasteiger partial charge in [-0.05, 0) is 44.5 Å². The van der Waals surface area contributed by atoms with Gasteiger partial charge in [-0.15, -0.1) is 6.58 Å². The molecular formula is C35H43F3N4O4. The molecule has 0 spiro atoms. The number of carbonyl (C=O) groups excluding carboxylic acids is 2. The average molecular weight is 641 g/mol. The van der Waals surface area contributed by atoms with Crippen LogP contribution in [0.2, 0.25) is 0 Å². The van der Waals surface area contributed by atoms with Crippen molar-refractivity contribution in [2.45, 2.75) is 59.0 Å². The highest BCUT2D eigenvalue weighted by atomic mass is 19.1. The number of likely N-dealkylation sites (tertiary alicyclic amines) is 1. The quantitative estimate of drug-likeness (QED) is 0.215. The van der Waals surface area contributed by atoms with Crippen molar-refractivity contribution in [1.29, 1.82) is 0 Å². The van der Waals surface area contributed by atoms with Crippen molar-refractivity contribution in [3.63, 3.8) is 0 Å². The Hall–Kier alpha value is -4.12. The summed E-state index contributed by atoms with van der Waals surface area (Å²) in [6.07, 6.45) is 1.25. The lowest BCUT2D eigenvalue weighted by molar-refractivity contribution is -0.141. The van der Waals surface area contributed by atoms with Gasteiger partial charge in [0.15, 0.2) is 0 Å². The fourth-order valence-corrected chi connectivity index (χ4v) is 5.65. The van der Waals surface area contributed by atoms with Crippen LogP contribution in [0.4, 0.5) is 18.0 Å². The predicted molar refractivity (Wildman–Crippen MR) is 170 cm³/mol. The Bertz CT molecular complexity index is 1540. The maximum absolute atomic E-state index is 15.6. The van der Waals surface area contributed by atoms with E-state index in [4.69, 9.17) is 14.5 Å².